The summed E-state index contributed by atoms with van der Waals surface area (Å²) in [6.07, 6.45) is 0. The van der Waals surface area contributed by atoms with Crippen LogP contribution in [0.1, 0.15) is 0 Å². The van der Waals surface area contributed by atoms with Crippen molar-refractivity contribution in [3.63, 3.8) is 0 Å². The Morgan fingerprint density at radius 3 is 2.69 bits per heavy atom. The fourth-order valence-corrected chi connectivity index (χ4v) is 1.54. The van der Waals surface area contributed by atoms with Crippen LogP contribution in [0.4, 0.5) is 0 Å². The largest absolute Gasteiger partial charge is 0.493 e. The minimum absolute atomic E-state index is 0.233. The first-order valence-corrected chi connectivity index (χ1v) is 4.81. The molecule has 0 heterocycles. The van der Waals surface area contributed by atoms with Crippen molar-refractivity contribution in [2.45, 2.75) is 0 Å². The van der Waals surface area contributed by atoms with Crippen molar-refractivity contribution < 1.29 is 14.2 Å². The molecular weight excluding hydrogens is 283 g/mol. The maximum absolute atomic E-state index is 5.35. The first kappa shape index (κ1) is 10.6. The van der Waals surface area contributed by atoms with E-state index in [0.717, 1.165) is 15.1 Å². The van der Waals surface area contributed by atoms with Gasteiger partial charge in [-0.3, -0.25) is 0 Å². The van der Waals surface area contributed by atoms with E-state index in [-0.39, 0.29) is 6.79 Å². The van der Waals surface area contributed by atoms with Crippen molar-refractivity contribution >= 4 is 22.6 Å². The van der Waals surface area contributed by atoms with E-state index in [1.54, 1.807) is 14.2 Å². The lowest BCUT2D eigenvalue weighted by Gasteiger charge is -2.10. The van der Waals surface area contributed by atoms with Gasteiger partial charge < -0.3 is 14.2 Å². The summed E-state index contributed by atoms with van der Waals surface area (Å²) in [6.45, 7) is 0.233. The van der Waals surface area contributed by atoms with Crippen LogP contribution in [0.2, 0.25) is 0 Å². The van der Waals surface area contributed by atoms with Crippen LogP contribution in [0.3, 0.4) is 0 Å². The van der Waals surface area contributed by atoms with Gasteiger partial charge in [-0.2, -0.15) is 0 Å². The minimum atomic E-state index is 0.233. The van der Waals surface area contributed by atoms with Crippen LogP contribution in [0.5, 0.6) is 11.5 Å². The lowest BCUT2D eigenvalue weighted by Crippen LogP contribution is -2.02. The Hall–Kier alpha value is -0.490. The standard InChI is InChI=1S/C9H11IO3/c1-11-6-13-9-7(10)4-3-5-8(9)12-2/h3-5H,6H2,1-2H3. The number of halogens is 1. The zero-order valence-corrected chi connectivity index (χ0v) is 9.70. The Morgan fingerprint density at radius 1 is 1.31 bits per heavy atom. The van der Waals surface area contributed by atoms with Crippen LogP contribution in [-0.2, 0) is 4.74 Å². The van der Waals surface area contributed by atoms with E-state index < -0.39 is 0 Å². The van der Waals surface area contributed by atoms with Gasteiger partial charge in [-0.1, -0.05) is 6.07 Å². The second kappa shape index (κ2) is 5.29. The predicted molar refractivity (Wildman–Crippen MR) is 58.2 cm³/mol. The lowest BCUT2D eigenvalue weighted by atomic mass is 10.3. The molecule has 0 atom stereocenters. The molecule has 0 aromatic heterocycles. The highest BCUT2D eigenvalue weighted by Gasteiger charge is 2.07. The summed E-state index contributed by atoms with van der Waals surface area (Å²) in [5.74, 6) is 1.46. The van der Waals surface area contributed by atoms with Gasteiger partial charge in [0.1, 0.15) is 0 Å². The van der Waals surface area contributed by atoms with Gasteiger partial charge in [0.2, 0.25) is 0 Å². The maximum atomic E-state index is 5.35. The van der Waals surface area contributed by atoms with Gasteiger partial charge in [0, 0.05) is 7.11 Å². The van der Waals surface area contributed by atoms with Crippen LogP contribution in [0.15, 0.2) is 18.2 Å². The topological polar surface area (TPSA) is 27.7 Å². The summed E-state index contributed by atoms with van der Waals surface area (Å²) in [6, 6.07) is 5.72. The molecular formula is C9H11IO3. The van der Waals surface area contributed by atoms with E-state index in [4.69, 9.17) is 14.2 Å². The molecule has 0 unspecified atom stereocenters. The van der Waals surface area contributed by atoms with Crippen molar-refractivity contribution in [2.75, 3.05) is 21.0 Å². The van der Waals surface area contributed by atoms with Crippen molar-refractivity contribution in [1.29, 1.82) is 0 Å². The van der Waals surface area contributed by atoms with E-state index >= 15 is 0 Å². The molecule has 1 aromatic rings. The first-order valence-electron chi connectivity index (χ1n) is 3.74. The predicted octanol–water partition coefficient (Wildman–Crippen LogP) is 2.28. The number of methoxy groups -OCH3 is 2. The van der Waals surface area contributed by atoms with E-state index in [1.165, 1.54) is 0 Å². The van der Waals surface area contributed by atoms with Crippen LogP contribution in [0.25, 0.3) is 0 Å². The first-order chi connectivity index (χ1) is 6.29. The number of hydrogen-bond donors (Lipinski definition) is 0. The van der Waals surface area contributed by atoms with E-state index in [9.17, 15) is 0 Å². The average Bonchev–Trinajstić information content (AvgIpc) is 2.15. The third-order valence-electron chi connectivity index (χ3n) is 1.47. The second-order valence-corrected chi connectivity index (χ2v) is 3.48. The number of hydrogen-bond acceptors (Lipinski definition) is 3. The molecule has 0 fully saturated rings. The Kier molecular flexibility index (Phi) is 4.31. The Morgan fingerprint density at radius 2 is 2.08 bits per heavy atom. The van der Waals surface area contributed by atoms with Crippen LogP contribution in [-0.4, -0.2) is 21.0 Å². The molecule has 1 rings (SSSR count). The summed E-state index contributed by atoms with van der Waals surface area (Å²) >= 11 is 2.19. The molecule has 0 aliphatic rings. The van der Waals surface area contributed by atoms with Gasteiger partial charge in [-0.15, -0.1) is 0 Å². The fourth-order valence-electron chi connectivity index (χ4n) is 0.908. The number of para-hydroxylation sites is 1. The molecule has 0 saturated carbocycles. The Bertz CT molecular complexity index is 276. The minimum Gasteiger partial charge on any atom is -0.493 e. The number of ether oxygens (including phenoxy) is 3. The van der Waals surface area contributed by atoms with Crippen molar-refractivity contribution in [3.8, 4) is 11.5 Å². The molecule has 0 spiro atoms. The summed E-state index contributed by atoms with van der Waals surface area (Å²) in [4.78, 5) is 0. The molecule has 0 aliphatic carbocycles. The third-order valence-corrected chi connectivity index (χ3v) is 2.32. The highest BCUT2D eigenvalue weighted by molar-refractivity contribution is 14.1. The third kappa shape index (κ3) is 2.73. The molecule has 0 bridgehead atoms. The van der Waals surface area contributed by atoms with Gasteiger partial charge in [-0.25, -0.2) is 0 Å². The average molecular weight is 294 g/mol. The SMILES string of the molecule is COCOc1c(I)cccc1OC. The van der Waals surface area contributed by atoms with Crippen LogP contribution in [0, 0.1) is 3.57 Å². The van der Waals surface area contributed by atoms with Gasteiger partial charge >= 0.3 is 0 Å². The van der Waals surface area contributed by atoms with E-state index in [1.807, 2.05) is 18.2 Å². The number of benzene rings is 1. The quantitative estimate of drug-likeness (QED) is 0.630. The smallest absolute Gasteiger partial charge is 0.188 e. The zero-order chi connectivity index (χ0) is 9.68. The van der Waals surface area contributed by atoms with E-state index in [2.05, 4.69) is 22.6 Å². The molecule has 0 N–H and O–H groups in total. The fraction of sp³-hybridized carbons (Fsp3) is 0.333. The monoisotopic (exact) mass is 294 g/mol. The van der Waals surface area contributed by atoms with Crippen LogP contribution >= 0.6 is 22.6 Å². The molecule has 0 saturated heterocycles. The summed E-state index contributed by atoms with van der Waals surface area (Å²) in [5, 5.41) is 0. The molecule has 0 amide bonds. The van der Waals surface area contributed by atoms with Gasteiger partial charge in [-0.05, 0) is 34.7 Å². The molecule has 0 radical (unpaired) electrons. The normalized spacial score (nSPS) is 9.77. The van der Waals surface area contributed by atoms with Crippen molar-refractivity contribution in [3.05, 3.63) is 21.8 Å². The highest BCUT2D eigenvalue weighted by Crippen LogP contribution is 2.31. The van der Waals surface area contributed by atoms with Crippen LogP contribution < -0.4 is 9.47 Å². The van der Waals surface area contributed by atoms with Gasteiger partial charge in [0.15, 0.2) is 18.3 Å². The Balaban J connectivity index is 2.87. The van der Waals surface area contributed by atoms with Gasteiger partial charge in [0.25, 0.3) is 0 Å². The second-order valence-electron chi connectivity index (χ2n) is 2.32. The maximum Gasteiger partial charge on any atom is 0.188 e. The zero-order valence-electron chi connectivity index (χ0n) is 7.54. The van der Waals surface area contributed by atoms with Crippen molar-refractivity contribution in [1.82, 2.24) is 0 Å². The summed E-state index contributed by atoms with van der Waals surface area (Å²) in [5.41, 5.74) is 0. The summed E-state index contributed by atoms with van der Waals surface area (Å²) < 4.78 is 16.3. The molecule has 72 valence electrons. The van der Waals surface area contributed by atoms with Gasteiger partial charge in [0.05, 0.1) is 10.7 Å². The summed E-state index contributed by atoms with van der Waals surface area (Å²) in [7, 11) is 3.20. The highest BCUT2D eigenvalue weighted by atomic mass is 127. The Labute approximate surface area is 91.1 Å². The molecule has 1 aromatic carbocycles. The molecule has 4 heteroatoms. The number of rotatable bonds is 4. The molecule has 0 aliphatic heterocycles. The van der Waals surface area contributed by atoms with E-state index in [0.29, 0.717) is 0 Å². The van der Waals surface area contributed by atoms with Crippen molar-refractivity contribution in [2.24, 2.45) is 0 Å². The lowest BCUT2D eigenvalue weighted by molar-refractivity contribution is 0.0485. The molecule has 13 heavy (non-hydrogen) atoms. The molecule has 3 nitrogen and oxygen atoms in total.